The van der Waals surface area contributed by atoms with Crippen molar-refractivity contribution in [2.75, 3.05) is 0 Å². The number of aliphatic hydroxyl groups excluding tert-OH is 2. The molecule has 4 aliphatic rings. The Bertz CT molecular complexity index is 695. The Morgan fingerprint density at radius 2 is 1.48 bits per heavy atom. The second-order valence-corrected chi connectivity index (χ2v) is 11.7. The molecule has 4 saturated carbocycles. The molecule has 0 bridgehead atoms. The molecule has 0 aromatic carbocycles. The molecule has 5 heteroatoms. The monoisotopic (exact) mass is 464 g/mol. The minimum atomic E-state index is -1.14. The Kier molecular flexibility index (Phi) is 8.42. The predicted molar refractivity (Wildman–Crippen MR) is 130 cm³/mol. The smallest absolute Gasteiger partial charge is 0.160 e. The van der Waals surface area contributed by atoms with Crippen LogP contribution in [0.4, 0.5) is 0 Å². The lowest BCUT2D eigenvalue weighted by Crippen LogP contribution is -2.60. The second kappa shape index (κ2) is 10.4. The van der Waals surface area contributed by atoms with Gasteiger partial charge in [-0.15, -0.1) is 0 Å². The van der Waals surface area contributed by atoms with Crippen molar-refractivity contribution in [3.63, 3.8) is 0 Å². The lowest BCUT2D eigenvalue weighted by atomic mass is 9.44. The van der Waals surface area contributed by atoms with Crippen molar-refractivity contribution in [2.45, 2.75) is 117 Å². The molecule has 0 radical (unpaired) electrons. The van der Waals surface area contributed by atoms with Gasteiger partial charge >= 0.3 is 0 Å². The van der Waals surface area contributed by atoms with Gasteiger partial charge in [0, 0.05) is 0 Å². The van der Waals surface area contributed by atoms with Crippen LogP contribution in [0.2, 0.25) is 0 Å². The number of aliphatic hydroxyl groups is 3. The van der Waals surface area contributed by atoms with Crippen LogP contribution in [-0.4, -0.2) is 39.4 Å². The minimum absolute atomic E-state index is 0.000245. The van der Waals surface area contributed by atoms with E-state index in [9.17, 15) is 15.3 Å². The molecule has 0 spiro atoms. The Balaban J connectivity index is 0.000000381. The van der Waals surface area contributed by atoms with Crippen LogP contribution in [0.1, 0.15) is 92.9 Å². The molecule has 0 saturated heterocycles. The first-order chi connectivity index (χ1) is 15.5. The summed E-state index contributed by atoms with van der Waals surface area (Å²) in [6, 6.07) is 3.67. The number of fused-ring (bicyclic) bond motifs is 5. The molecule has 190 valence electrons. The molecular formula is C28H48O5. The predicted octanol–water partition coefficient (Wildman–Crippen LogP) is 5.78. The van der Waals surface area contributed by atoms with Crippen LogP contribution in [-0.2, 0) is 4.74 Å². The number of rotatable bonds is 2. The normalized spacial score (nSPS) is 44.2. The molecule has 1 heterocycles. The third-order valence-electron chi connectivity index (χ3n) is 9.45. The average molecular weight is 465 g/mol. The minimum Gasteiger partial charge on any atom is -0.473 e. The van der Waals surface area contributed by atoms with E-state index in [1.807, 2.05) is 26.0 Å². The molecule has 0 amide bonds. The Morgan fingerprint density at radius 1 is 0.879 bits per heavy atom. The molecule has 9 unspecified atom stereocenters. The van der Waals surface area contributed by atoms with E-state index in [0.29, 0.717) is 23.7 Å². The van der Waals surface area contributed by atoms with Crippen molar-refractivity contribution >= 4 is 0 Å². The van der Waals surface area contributed by atoms with Crippen LogP contribution in [0, 0.1) is 34.5 Å². The summed E-state index contributed by atoms with van der Waals surface area (Å²) < 4.78 is 10.8. The Labute approximate surface area is 200 Å². The van der Waals surface area contributed by atoms with Gasteiger partial charge in [-0.2, -0.15) is 0 Å². The van der Waals surface area contributed by atoms with Gasteiger partial charge < -0.3 is 24.5 Å². The lowest BCUT2D eigenvalue weighted by molar-refractivity contribution is -0.266. The molecule has 33 heavy (non-hydrogen) atoms. The molecule has 9 atom stereocenters. The first-order valence-electron chi connectivity index (χ1n) is 13.3. The molecule has 5 nitrogen and oxygen atoms in total. The number of ether oxygens (including phenoxy) is 1. The van der Waals surface area contributed by atoms with Gasteiger partial charge in [-0.25, -0.2) is 0 Å². The van der Waals surface area contributed by atoms with E-state index in [1.54, 1.807) is 26.4 Å². The summed E-state index contributed by atoms with van der Waals surface area (Å²) in [5, 5.41) is 31.4. The topological polar surface area (TPSA) is 83.1 Å². The maximum absolute atomic E-state index is 10.7. The highest BCUT2D eigenvalue weighted by Gasteiger charge is 2.63. The molecule has 3 N–H and O–H groups in total. The largest absolute Gasteiger partial charge is 0.473 e. The van der Waals surface area contributed by atoms with Gasteiger partial charge in [0.2, 0.25) is 0 Å². The van der Waals surface area contributed by atoms with Crippen molar-refractivity contribution in [1.82, 2.24) is 0 Å². The molecule has 4 aliphatic carbocycles. The third kappa shape index (κ3) is 5.37. The van der Waals surface area contributed by atoms with Crippen molar-refractivity contribution in [1.29, 1.82) is 0 Å². The van der Waals surface area contributed by atoms with Gasteiger partial charge in [-0.05, 0) is 112 Å². The van der Waals surface area contributed by atoms with E-state index >= 15 is 0 Å². The first kappa shape index (κ1) is 26.7. The van der Waals surface area contributed by atoms with Gasteiger partial charge in [0.1, 0.15) is 0 Å². The summed E-state index contributed by atoms with van der Waals surface area (Å²) in [6.45, 7) is 12.2. The number of hydrogen-bond donors (Lipinski definition) is 3. The summed E-state index contributed by atoms with van der Waals surface area (Å²) in [4.78, 5) is 0. The van der Waals surface area contributed by atoms with Crippen LogP contribution in [0.25, 0.3) is 0 Å². The third-order valence-corrected chi connectivity index (χ3v) is 9.45. The summed E-state index contributed by atoms with van der Waals surface area (Å²) in [6.07, 6.45) is 10.9. The van der Waals surface area contributed by atoms with E-state index < -0.39 is 5.79 Å². The van der Waals surface area contributed by atoms with Gasteiger partial charge in [-0.1, -0.05) is 27.7 Å². The van der Waals surface area contributed by atoms with E-state index in [4.69, 9.17) is 4.74 Å². The fourth-order valence-electron chi connectivity index (χ4n) is 7.87. The van der Waals surface area contributed by atoms with E-state index in [2.05, 4.69) is 18.3 Å². The summed E-state index contributed by atoms with van der Waals surface area (Å²) in [5.74, 6) is 0.795. The standard InChI is InChI=1S/C22H38O4.C4H4O.C2H6/c1-20(2,25)26-17-12-13-11-14(23)7-9-21(13,3)16-8-10-22(4)15(19(16)17)5-6-18(22)24;1-2-4-5-3-1;1-2/h13-19,23-25H,5-12H2,1-4H3;1-4H;1-2H3. The van der Waals surface area contributed by atoms with E-state index in [-0.39, 0.29) is 29.1 Å². The van der Waals surface area contributed by atoms with E-state index in [1.165, 1.54) is 0 Å². The summed E-state index contributed by atoms with van der Waals surface area (Å²) in [5.41, 5.74) is 0.262. The molecular weight excluding hydrogens is 416 g/mol. The summed E-state index contributed by atoms with van der Waals surface area (Å²) in [7, 11) is 0. The van der Waals surface area contributed by atoms with Gasteiger partial charge in [0.25, 0.3) is 0 Å². The van der Waals surface area contributed by atoms with Crippen LogP contribution in [0.3, 0.4) is 0 Å². The highest BCUT2D eigenvalue weighted by Crippen LogP contribution is 2.66. The van der Waals surface area contributed by atoms with Gasteiger partial charge in [0.15, 0.2) is 5.79 Å². The zero-order valence-corrected chi connectivity index (χ0v) is 21.7. The van der Waals surface area contributed by atoms with Crippen molar-refractivity contribution in [2.24, 2.45) is 34.5 Å². The number of hydrogen-bond acceptors (Lipinski definition) is 5. The maximum Gasteiger partial charge on any atom is 0.160 e. The SMILES string of the molecule is CC.CC(C)(O)OC1CC2CC(O)CCC2(C)C2CCC3(C)C(O)CCC3C12.c1ccoc1. The molecule has 1 aromatic rings. The lowest BCUT2D eigenvalue weighted by Gasteiger charge is -2.63. The van der Waals surface area contributed by atoms with Crippen LogP contribution in [0.15, 0.2) is 29.1 Å². The molecule has 4 fully saturated rings. The first-order valence-corrected chi connectivity index (χ1v) is 13.3. The fourth-order valence-corrected chi connectivity index (χ4v) is 7.87. The van der Waals surface area contributed by atoms with Crippen LogP contribution in [0.5, 0.6) is 0 Å². The average Bonchev–Trinajstić information content (AvgIpc) is 3.43. The zero-order chi connectivity index (χ0) is 24.4. The van der Waals surface area contributed by atoms with Crippen molar-refractivity contribution < 1.29 is 24.5 Å². The van der Waals surface area contributed by atoms with Crippen molar-refractivity contribution in [3.05, 3.63) is 24.7 Å². The Hall–Kier alpha value is -0.880. The highest BCUT2D eigenvalue weighted by molar-refractivity contribution is 5.12. The van der Waals surface area contributed by atoms with Crippen LogP contribution < -0.4 is 0 Å². The number of furan rings is 1. The molecule has 1 aromatic heterocycles. The summed E-state index contributed by atoms with van der Waals surface area (Å²) >= 11 is 0. The zero-order valence-electron chi connectivity index (χ0n) is 21.7. The molecule has 0 aliphatic heterocycles. The van der Waals surface area contributed by atoms with Crippen molar-refractivity contribution in [3.8, 4) is 0 Å². The Morgan fingerprint density at radius 3 is 2.06 bits per heavy atom. The van der Waals surface area contributed by atoms with E-state index in [0.717, 1.165) is 51.4 Å². The van der Waals surface area contributed by atoms with Gasteiger partial charge in [0.05, 0.1) is 30.8 Å². The highest BCUT2D eigenvalue weighted by atomic mass is 16.6. The second-order valence-electron chi connectivity index (χ2n) is 11.7. The van der Waals surface area contributed by atoms with Crippen LogP contribution >= 0.6 is 0 Å². The quantitative estimate of drug-likeness (QED) is 0.483. The fraction of sp³-hybridized carbons (Fsp3) is 0.857. The molecule has 5 rings (SSSR count). The maximum atomic E-state index is 10.7. The van der Waals surface area contributed by atoms with Gasteiger partial charge in [-0.3, -0.25) is 0 Å².